The third-order valence-electron chi connectivity index (χ3n) is 1.27. The number of phenolic OH excluding ortho intramolecular Hbond substituents is 1. The van der Waals surface area contributed by atoms with E-state index in [0.29, 0.717) is 10.0 Å². The van der Waals surface area contributed by atoms with Crippen LogP contribution < -0.4 is 0 Å². The first-order chi connectivity index (χ1) is 5.15. The lowest BCUT2D eigenvalue weighted by atomic mass is 10.2. The van der Waals surface area contributed by atoms with Crippen LogP contribution >= 0.6 is 15.9 Å². The molecule has 0 spiro atoms. The zero-order valence-corrected chi connectivity index (χ0v) is 7.23. The second-order valence-corrected chi connectivity index (χ2v) is 2.89. The molecule has 1 nitrogen and oxygen atoms in total. The molecule has 0 fully saturated rings. The summed E-state index contributed by atoms with van der Waals surface area (Å²) in [5.41, 5.74) is 0.632. The maximum absolute atomic E-state index is 12.7. The van der Waals surface area contributed by atoms with E-state index in [4.69, 9.17) is 5.11 Å². The Kier molecular flexibility index (Phi) is 2.29. The largest absolute Gasteiger partial charge is 0.504 e. The lowest BCUT2D eigenvalue weighted by Gasteiger charge is -1.99. The molecule has 0 aromatic heterocycles. The van der Waals surface area contributed by atoms with Crippen LogP contribution in [-0.2, 0) is 0 Å². The Morgan fingerprint density at radius 1 is 1.55 bits per heavy atom. The van der Waals surface area contributed by atoms with Gasteiger partial charge in [-0.1, -0.05) is 12.7 Å². The molecular weight excluding hydrogens is 211 g/mol. The smallest absolute Gasteiger partial charge is 0.166 e. The van der Waals surface area contributed by atoms with Crippen molar-refractivity contribution in [3.05, 3.63) is 34.6 Å². The van der Waals surface area contributed by atoms with Crippen LogP contribution in [0.4, 0.5) is 4.39 Å². The molecule has 11 heavy (non-hydrogen) atoms. The Balaban J connectivity index is 3.31. The molecule has 0 bridgehead atoms. The number of hydrogen-bond donors (Lipinski definition) is 1. The minimum Gasteiger partial charge on any atom is -0.504 e. The first-order valence-electron chi connectivity index (χ1n) is 2.95. The lowest BCUT2D eigenvalue weighted by molar-refractivity contribution is 0.429. The van der Waals surface area contributed by atoms with Gasteiger partial charge in [0, 0.05) is 0 Å². The standard InChI is InChI=1S/C8H6BrFO/c1-2-5-3-6(9)8(11)7(10)4-5/h2-4,11H,1H2. The van der Waals surface area contributed by atoms with E-state index in [-0.39, 0.29) is 5.75 Å². The first kappa shape index (κ1) is 8.27. The molecule has 0 radical (unpaired) electrons. The Hall–Kier alpha value is -0.830. The van der Waals surface area contributed by atoms with E-state index in [0.717, 1.165) is 0 Å². The Labute approximate surface area is 72.3 Å². The summed E-state index contributed by atoms with van der Waals surface area (Å²) in [6.07, 6.45) is 1.51. The molecule has 58 valence electrons. The third kappa shape index (κ3) is 1.60. The second-order valence-electron chi connectivity index (χ2n) is 2.04. The highest BCUT2D eigenvalue weighted by atomic mass is 79.9. The number of aromatic hydroxyl groups is 1. The average molecular weight is 217 g/mol. The minimum absolute atomic E-state index is 0.340. The summed E-state index contributed by atoms with van der Waals surface area (Å²) in [5.74, 6) is -1.01. The van der Waals surface area contributed by atoms with Gasteiger partial charge in [0.1, 0.15) is 0 Å². The van der Waals surface area contributed by atoms with Crippen LogP contribution in [0, 0.1) is 5.82 Å². The normalized spacial score (nSPS) is 9.64. The van der Waals surface area contributed by atoms with Gasteiger partial charge in [-0.2, -0.15) is 0 Å². The SMILES string of the molecule is C=Cc1cc(F)c(O)c(Br)c1. The van der Waals surface area contributed by atoms with E-state index < -0.39 is 5.82 Å². The minimum atomic E-state index is -0.644. The van der Waals surface area contributed by atoms with E-state index >= 15 is 0 Å². The molecule has 1 N–H and O–H groups in total. The van der Waals surface area contributed by atoms with Gasteiger partial charge in [-0.3, -0.25) is 0 Å². The molecule has 0 saturated carbocycles. The van der Waals surface area contributed by atoms with Crippen molar-refractivity contribution in [2.24, 2.45) is 0 Å². The molecule has 0 heterocycles. The van der Waals surface area contributed by atoms with E-state index in [1.165, 1.54) is 12.1 Å². The van der Waals surface area contributed by atoms with E-state index in [2.05, 4.69) is 22.5 Å². The number of halogens is 2. The van der Waals surface area contributed by atoms with Crippen molar-refractivity contribution in [2.45, 2.75) is 0 Å². The molecule has 0 unspecified atom stereocenters. The maximum atomic E-state index is 12.7. The molecule has 0 aliphatic heterocycles. The van der Waals surface area contributed by atoms with Gasteiger partial charge in [-0.25, -0.2) is 4.39 Å². The highest BCUT2D eigenvalue weighted by molar-refractivity contribution is 9.10. The fourth-order valence-electron chi connectivity index (χ4n) is 0.703. The average Bonchev–Trinajstić information content (AvgIpc) is 1.99. The number of phenols is 1. The van der Waals surface area contributed by atoms with E-state index in [9.17, 15) is 4.39 Å². The second kappa shape index (κ2) is 3.05. The van der Waals surface area contributed by atoms with Gasteiger partial charge < -0.3 is 5.11 Å². The summed E-state index contributed by atoms with van der Waals surface area (Å²) in [7, 11) is 0. The molecule has 0 amide bonds. The molecule has 0 saturated heterocycles. The zero-order chi connectivity index (χ0) is 8.43. The predicted octanol–water partition coefficient (Wildman–Crippen LogP) is 2.94. The van der Waals surface area contributed by atoms with Gasteiger partial charge in [0.15, 0.2) is 11.6 Å². The molecule has 1 rings (SSSR count). The van der Waals surface area contributed by atoms with Crippen LogP contribution in [0.25, 0.3) is 6.08 Å². The summed E-state index contributed by atoms with van der Waals surface area (Å²) in [6.45, 7) is 3.47. The Morgan fingerprint density at radius 2 is 2.18 bits per heavy atom. The number of benzene rings is 1. The lowest BCUT2D eigenvalue weighted by Crippen LogP contribution is -1.80. The summed E-state index contributed by atoms with van der Waals surface area (Å²) in [5, 5.41) is 8.97. The summed E-state index contributed by atoms with van der Waals surface area (Å²) in [6, 6.07) is 2.80. The summed E-state index contributed by atoms with van der Waals surface area (Å²) < 4.78 is 13.0. The fraction of sp³-hybridized carbons (Fsp3) is 0. The van der Waals surface area contributed by atoms with E-state index in [1.54, 1.807) is 6.07 Å². The van der Waals surface area contributed by atoms with Crippen molar-refractivity contribution in [2.75, 3.05) is 0 Å². The predicted molar refractivity (Wildman–Crippen MR) is 45.9 cm³/mol. The zero-order valence-electron chi connectivity index (χ0n) is 5.64. The summed E-state index contributed by atoms with van der Waals surface area (Å²) >= 11 is 3.00. The quantitative estimate of drug-likeness (QED) is 0.766. The summed E-state index contributed by atoms with van der Waals surface area (Å²) in [4.78, 5) is 0. The monoisotopic (exact) mass is 216 g/mol. The third-order valence-corrected chi connectivity index (χ3v) is 1.88. The Morgan fingerprint density at radius 3 is 2.64 bits per heavy atom. The first-order valence-corrected chi connectivity index (χ1v) is 3.75. The van der Waals surface area contributed by atoms with Gasteiger partial charge in [0.25, 0.3) is 0 Å². The van der Waals surface area contributed by atoms with Crippen LogP contribution in [0.5, 0.6) is 5.75 Å². The van der Waals surface area contributed by atoms with Crippen molar-refractivity contribution in [3.8, 4) is 5.75 Å². The molecular formula is C8H6BrFO. The van der Waals surface area contributed by atoms with Crippen molar-refractivity contribution < 1.29 is 9.50 Å². The van der Waals surface area contributed by atoms with Gasteiger partial charge in [-0.05, 0) is 33.6 Å². The van der Waals surface area contributed by atoms with Gasteiger partial charge in [-0.15, -0.1) is 0 Å². The molecule has 0 aliphatic rings. The molecule has 1 aromatic rings. The number of rotatable bonds is 1. The Bertz CT molecular complexity index is 273. The van der Waals surface area contributed by atoms with Gasteiger partial charge >= 0.3 is 0 Å². The molecule has 3 heteroatoms. The topological polar surface area (TPSA) is 20.2 Å². The van der Waals surface area contributed by atoms with Crippen molar-refractivity contribution in [1.82, 2.24) is 0 Å². The molecule has 0 aliphatic carbocycles. The van der Waals surface area contributed by atoms with Crippen molar-refractivity contribution >= 4 is 22.0 Å². The fourth-order valence-corrected chi connectivity index (χ4v) is 1.16. The number of hydrogen-bond acceptors (Lipinski definition) is 1. The maximum Gasteiger partial charge on any atom is 0.166 e. The molecule has 1 aromatic carbocycles. The van der Waals surface area contributed by atoms with Crippen LogP contribution in [0.15, 0.2) is 23.2 Å². The van der Waals surface area contributed by atoms with Crippen LogP contribution in [-0.4, -0.2) is 5.11 Å². The van der Waals surface area contributed by atoms with Crippen LogP contribution in [0.2, 0.25) is 0 Å². The van der Waals surface area contributed by atoms with Gasteiger partial charge in [0.2, 0.25) is 0 Å². The van der Waals surface area contributed by atoms with E-state index in [1.807, 2.05) is 0 Å². The highest BCUT2D eigenvalue weighted by Crippen LogP contribution is 2.28. The van der Waals surface area contributed by atoms with Crippen LogP contribution in [0.3, 0.4) is 0 Å². The van der Waals surface area contributed by atoms with Crippen molar-refractivity contribution in [1.29, 1.82) is 0 Å². The van der Waals surface area contributed by atoms with Crippen LogP contribution in [0.1, 0.15) is 5.56 Å². The van der Waals surface area contributed by atoms with Gasteiger partial charge in [0.05, 0.1) is 4.47 Å². The highest BCUT2D eigenvalue weighted by Gasteiger charge is 2.04. The van der Waals surface area contributed by atoms with Crippen molar-refractivity contribution in [3.63, 3.8) is 0 Å². The molecule has 0 atom stereocenters.